The van der Waals surface area contributed by atoms with Crippen LogP contribution < -0.4 is 5.32 Å². The Morgan fingerprint density at radius 2 is 1.96 bits per heavy atom. The lowest BCUT2D eigenvalue weighted by atomic mass is 10.0. The predicted octanol–water partition coefficient (Wildman–Crippen LogP) is 2.62. The van der Waals surface area contributed by atoms with Crippen LogP contribution in [-0.4, -0.2) is 30.4 Å². The van der Waals surface area contributed by atoms with Crippen molar-refractivity contribution < 1.29 is 9.18 Å². The van der Waals surface area contributed by atoms with Gasteiger partial charge in [0, 0.05) is 18.7 Å². The second kappa shape index (κ2) is 7.76. The molecule has 0 bridgehead atoms. The molecule has 24 heavy (non-hydrogen) atoms. The summed E-state index contributed by atoms with van der Waals surface area (Å²) >= 11 is 0. The molecule has 1 heterocycles. The van der Waals surface area contributed by atoms with E-state index >= 15 is 0 Å². The molecule has 122 valence electrons. The molecular formula is C20H19FN2O. The van der Waals surface area contributed by atoms with Gasteiger partial charge in [-0.3, -0.25) is 9.69 Å². The first kappa shape index (κ1) is 16.2. The van der Waals surface area contributed by atoms with Crippen molar-refractivity contribution >= 4 is 5.91 Å². The highest BCUT2D eigenvalue weighted by Gasteiger charge is 2.14. The second-order valence-electron chi connectivity index (χ2n) is 5.78. The van der Waals surface area contributed by atoms with E-state index in [0.29, 0.717) is 12.1 Å². The van der Waals surface area contributed by atoms with Crippen LogP contribution in [0.2, 0.25) is 0 Å². The van der Waals surface area contributed by atoms with Gasteiger partial charge in [-0.2, -0.15) is 0 Å². The lowest BCUT2D eigenvalue weighted by molar-refractivity contribution is 0.0958. The molecule has 2 aromatic rings. The van der Waals surface area contributed by atoms with Gasteiger partial charge in [0.25, 0.3) is 5.91 Å². The Morgan fingerprint density at radius 1 is 1.12 bits per heavy atom. The van der Waals surface area contributed by atoms with E-state index in [1.807, 2.05) is 0 Å². The van der Waals surface area contributed by atoms with Crippen LogP contribution in [0.15, 0.2) is 48.5 Å². The standard InChI is InChI=1S/C20H19FN2O/c21-19-9-5-8-17(14-19)20(24)22-11-3-4-12-23-13-10-16-6-1-2-7-18(16)15-23/h1-2,5-9,14H,10-13,15H2,(H,22,24). The highest BCUT2D eigenvalue weighted by Crippen LogP contribution is 2.17. The third-order valence-corrected chi connectivity index (χ3v) is 4.06. The lowest BCUT2D eigenvalue weighted by Crippen LogP contribution is -2.31. The van der Waals surface area contributed by atoms with Gasteiger partial charge in [0.05, 0.1) is 13.1 Å². The van der Waals surface area contributed by atoms with Gasteiger partial charge in [0.15, 0.2) is 0 Å². The fourth-order valence-electron chi connectivity index (χ4n) is 2.78. The van der Waals surface area contributed by atoms with Gasteiger partial charge in [0.2, 0.25) is 0 Å². The summed E-state index contributed by atoms with van der Waals surface area (Å²) in [6, 6.07) is 14.1. The molecule has 1 aliphatic rings. The minimum absolute atomic E-state index is 0.264. The number of nitrogens with zero attached hydrogens (tertiary/aromatic N) is 1. The summed E-state index contributed by atoms with van der Waals surface area (Å²) in [4.78, 5) is 14.1. The van der Waals surface area contributed by atoms with E-state index in [2.05, 4.69) is 46.3 Å². The van der Waals surface area contributed by atoms with Crippen LogP contribution in [-0.2, 0) is 13.0 Å². The normalized spacial score (nSPS) is 13.5. The van der Waals surface area contributed by atoms with Crippen molar-refractivity contribution in [1.29, 1.82) is 0 Å². The zero-order valence-electron chi connectivity index (χ0n) is 13.4. The van der Waals surface area contributed by atoms with Gasteiger partial charge in [-0.25, -0.2) is 4.39 Å². The fraction of sp³-hybridized carbons (Fsp3) is 0.250. The minimum atomic E-state index is -0.417. The Bertz CT molecular complexity index is 791. The van der Waals surface area contributed by atoms with E-state index in [4.69, 9.17) is 0 Å². The molecule has 3 nitrogen and oxygen atoms in total. The maximum absolute atomic E-state index is 13.1. The number of rotatable bonds is 3. The zero-order valence-corrected chi connectivity index (χ0v) is 13.4. The Balaban J connectivity index is 1.45. The third kappa shape index (κ3) is 4.21. The number of benzene rings is 2. The molecule has 1 aliphatic heterocycles. The van der Waals surface area contributed by atoms with Gasteiger partial charge >= 0.3 is 0 Å². The van der Waals surface area contributed by atoms with Crippen LogP contribution in [0.5, 0.6) is 0 Å². The van der Waals surface area contributed by atoms with Crippen molar-refractivity contribution in [2.45, 2.75) is 13.0 Å². The molecule has 0 aromatic heterocycles. The third-order valence-electron chi connectivity index (χ3n) is 4.06. The first-order valence-corrected chi connectivity index (χ1v) is 8.01. The Hall–Kier alpha value is -2.64. The van der Waals surface area contributed by atoms with E-state index in [9.17, 15) is 9.18 Å². The van der Waals surface area contributed by atoms with Crippen LogP contribution in [0.4, 0.5) is 4.39 Å². The molecular weight excluding hydrogens is 303 g/mol. The molecule has 0 aliphatic carbocycles. The molecule has 2 aromatic carbocycles. The maximum atomic E-state index is 13.1. The van der Waals surface area contributed by atoms with E-state index in [0.717, 1.165) is 19.5 Å². The van der Waals surface area contributed by atoms with Crippen molar-refractivity contribution in [3.8, 4) is 11.8 Å². The van der Waals surface area contributed by atoms with Crippen LogP contribution in [0.1, 0.15) is 21.5 Å². The highest BCUT2D eigenvalue weighted by molar-refractivity contribution is 5.94. The first-order chi connectivity index (χ1) is 11.7. The predicted molar refractivity (Wildman–Crippen MR) is 91.9 cm³/mol. The van der Waals surface area contributed by atoms with E-state index in [1.165, 1.54) is 29.3 Å². The summed E-state index contributed by atoms with van der Waals surface area (Å²) < 4.78 is 13.1. The van der Waals surface area contributed by atoms with Crippen LogP contribution in [0, 0.1) is 17.7 Å². The summed E-state index contributed by atoms with van der Waals surface area (Å²) in [5.74, 6) is 5.32. The zero-order chi connectivity index (χ0) is 16.8. The number of carbonyl (C=O) groups is 1. The van der Waals surface area contributed by atoms with Crippen LogP contribution in [0.3, 0.4) is 0 Å². The van der Waals surface area contributed by atoms with E-state index < -0.39 is 5.82 Å². The summed E-state index contributed by atoms with van der Waals surface area (Å²) in [5, 5.41) is 2.68. The molecule has 0 fully saturated rings. The molecule has 4 heteroatoms. The molecule has 0 unspecified atom stereocenters. The molecule has 1 N–H and O–H groups in total. The van der Waals surface area contributed by atoms with Crippen molar-refractivity contribution in [3.05, 3.63) is 71.0 Å². The van der Waals surface area contributed by atoms with Crippen LogP contribution in [0.25, 0.3) is 0 Å². The lowest BCUT2D eigenvalue weighted by Gasteiger charge is -2.26. The minimum Gasteiger partial charge on any atom is -0.341 e. The number of hydrogen-bond donors (Lipinski definition) is 1. The topological polar surface area (TPSA) is 32.3 Å². The van der Waals surface area contributed by atoms with E-state index in [1.54, 1.807) is 6.07 Å². The molecule has 0 atom stereocenters. The maximum Gasteiger partial charge on any atom is 0.252 e. The molecule has 0 saturated carbocycles. The second-order valence-corrected chi connectivity index (χ2v) is 5.78. The van der Waals surface area contributed by atoms with Crippen molar-refractivity contribution in [3.63, 3.8) is 0 Å². The average Bonchev–Trinajstić information content (AvgIpc) is 2.61. The summed E-state index contributed by atoms with van der Waals surface area (Å²) in [5.41, 5.74) is 3.10. The van der Waals surface area contributed by atoms with Crippen molar-refractivity contribution in [2.24, 2.45) is 0 Å². The number of amides is 1. The molecule has 0 saturated heterocycles. The van der Waals surface area contributed by atoms with Crippen molar-refractivity contribution in [1.82, 2.24) is 10.2 Å². The van der Waals surface area contributed by atoms with E-state index in [-0.39, 0.29) is 12.5 Å². The monoisotopic (exact) mass is 322 g/mol. The Kier molecular flexibility index (Phi) is 5.25. The van der Waals surface area contributed by atoms with Gasteiger partial charge in [-0.05, 0) is 35.7 Å². The van der Waals surface area contributed by atoms with Gasteiger partial charge in [0.1, 0.15) is 5.82 Å². The highest BCUT2D eigenvalue weighted by atomic mass is 19.1. The van der Waals surface area contributed by atoms with Gasteiger partial charge < -0.3 is 5.32 Å². The number of nitrogens with one attached hydrogen (secondary N) is 1. The number of fused-ring (bicyclic) bond motifs is 1. The molecule has 1 amide bonds. The first-order valence-electron chi connectivity index (χ1n) is 8.01. The quantitative estimate of drug-likeness (QED) is 0.881. The number of hydrogen-bond acceptors (Lipinski definition) is 2. The molecule has 0 spiro atoms. The molecule has 3 rings (SSSR count). The van der Waals surface area contributed by atoms with Crippen LogP contribution >= 0.6 is 0 Å². The largest absolute Gasteiger partial charge is 0.341 e. The van der Waals surface area contributed by atoms with Gasteiger partial charge in [-0.1, -0.05) is 42.2 Å². The summed E-state index contributed by atoms with van der Waals surface area (Å²) in [6.07, 6.45) is 1.05. The Labute approximate surface area is 141 Å². The average molecular weight is 322 g/mol. The molecule has 0 radical (unpaired) electrons. The smallest absolute Gasteiger partial charge is 0.252 e. The number of halogens is 1. The summed E-state index contributed by atoms with van der Waals surface area (Å²) in [7, 11) is 0. The van der Waals surface area contributed by atoms with Crippen molar-refractivity contribution in [2.75, 3.05) is 19.6 Å². The summed E-state index contributed by atoms with van der Waals surface area (Å²) in [6.45, 7) is 2.87. The number of carbonyl (C=O) groups excluding carboxylic acids is 1. The van der Waals surface area contributed by atoms with Gasteiger partial charge in [-0.15, -0.1) is 0 Å². The fourth-order valence-corrected chi connectivity index (χ4v) is 2.78. The Morgan fingerprint density at radius 3 is 2.79 bits per heavy atom. The SMILES string of the molecule is O=C(NCC#CCN1CCc2ccccc2C1)c1cccc(F)c1.